The molecule has 4 rings (SSSR count). The van der Waals surface area contributed by atoms with Crippen LogP contribution in [0.15, 0.2) is 63.4 Å². The molecule has 5 nitrogen and oxygen atoms in total. The standard InChI is InChI=1S/C21H15F4N3O2S2/c22-13-4-6-14(7-5-13)26-17(29)11-32-20-27-16-8-9-31-18(16)19(30)28(20)15-3-1-2-12(10-15)21(23,24)25/h1-7,10H,8-9,11H2,(H,26,29). The second-order valence-corrected chi connectivity index (χ2v) is 8.85. The fourth-order valence-corrected chi connectivity index (χ4v) is 4.95. The van der Waals surface area contributed by atoms with Crippen LogP contribution in [0.1, 0.15) is 11.3 Å². The van der Waals surface area contributed by atoms with E-state index in [9.17, 15) is 27.2 Å². The number of fused-ring (bicyclic) bond motifs is 1. The second kappa shape index (κ2) is 8.99. The van der Waals surface area contributed by atoms with Crippen molar-refractivity contribution in [3.05, 3.63) is 76.0 Å². The lowest BCUT2D eigenvalue weighted by molar-refractivity contribution is -0.137. The van der Waals surface area contributed by atoms with Crippen LogP contribution in [0.5, 0.6) is 0 Å². The summed E-state index contributed by atoms with van der Waals surface area (Å²) in [4.78, 5) is 30.3. The molecule has 0 atom stereocenters. The van der Waals surface area contributed by atoms with Crippen molar-refractivity contribution in [2.24, 2.45) is 0 Å². The van der Waals surface area contributed by atoms with Crippen molar-refractivity contribution in [1.82, 2.24) is 9.55 Å². The zero-order valence-corrected chi connectivity index (χ0v) is 17.9. The van der Waals surface area contributed by atoms with E-state index in [0.29, 0.717) is 28.5 Å². The maximum Gasteiger partial charge on any atom is 0.416 e. The molecule has 0 saturated carbocycles. The minimum absolute atomic E-state index is 0.0223. The molecule has 3 aromatic rings. The Labute approximate surface area is 188 Å². The number of hydrogen-bond acceptors (Lipinski definition) is 5. The van der Waals surface area contributed by atoms with Crippen molar-refractivity contribution < 1.29 is 22.4 Å². The van der Waals surface area contributed by atoms with Gasteiger partial charge in [0.1, 0.15) is 5.82 Å². The third kappa shape index (κ3) is 4.83. The van der Waals surface area contributed by atoms with E-state index in [4.69, 9.17) is 0 Å². The Morgan fingerprint density at radius 1 is 1.19 bits per heavy atom. The maximum atomic E-state index is 13.2. The van der Waals surface area contributed by atoms with Crippen LogP contribution in [0.25, 0.3) is 5.69 Å². The maximum absolute atomic E-state index is 13.2. The Morgan fingerprint density at radius 3 is 2.66 bits per heavy atom. The van der Waals surface area contributed by atoms with E-state index in [-0.39, 0.29) is 16.6 Å². The van der Waals surface area contributed by atoms with E-state index in [1.54, 1.807) is 0 Å². The number of hydrogen-bond donors (Lipinski definition) is 1. The number of anilines is 1. The predicted octanol–water partition coefficient (Wildman–Crippen LogP) is 4.77. The van der Waals surface area contributed by atoms with Gasteiger partial charge in [-0.3, -0.25) is 14.2 Å². The highest BCUT2D eigenvalue weighted by Gasteiger charge is 2.31. The number of benzene rings is 2. The van der Waals surface area contributed by atoms with E-state index >= 15 is 0 Å². The van der Waals surface area contributed by atoms with Crippen LogP contribution in [-0.2, 0) is 17.4 Å². The molecule has 2 heterocycles. The van der Waals surface area contributed by atoms with Crippen molar-refractivity contribution in [1.29, 1.82) is 0 Å². The van der Waals surface area contributed by atoms with Gasteiger partial charge in [0.2, 0.25) is 5.91 Å². The summed E-state index contributed by atoms with van der Waals surface area (Å²) in [6.45, 7) is 0. The monoisotopic (exact) mass is 481 g/mol. The summed E-state index contributed by atoms with van der Waals surface area (Å²) in [5.74, 6) is -0.363. The molecule has 0 fully saturated rings. The molecular formula is C21H15F4N3O2S2. The molecule has 1 N–H and O–H groups in total. The van der Waals surface area contributed by atoms with Gasteiger partial charge in [0.15, 0.2) is 5.16 Å². The Morgan fingerprint density at radius 2 is 1.94 bits per heavy atom. The molecule has 1 aliphatic rings. The highest BCUT2D eigenvalue weighted by atomic mass is 32.2. The lowest BCUT2D eigenvalue weighted by atomic mass is 10.2. The second-order valence-electron chi connectivity index (χ2n) is 6.80. The van der Waals surface area contributed by atoms with Crippen molar-refractivity contribution in [2.45, 2.75) is 22.6 Å². The van der Waals surface area contributed by atoms with Gasteiger partial charge in [-0.05, 0) is 42.5 Å². The third-order valence-electron chi connectivity index (χ3n) is 4.56. The molecule has 32 heavy (non-hydrogen) atoms. The van der Waals surface area contributed by atoms with E-state index in [1.165, 1.54) is 48.2 Å². The highest BCUT2D eigenvalue weighted by Crippen LogP contribution is 2.33. The Balaban J connectivity index is 1.65. The number of nitrogens with one attached hydrogen (secondary N) is 1. The van der Waals surface area contributed by atoms with Gasteiger partial charge >= 0.3 is 6.18 Å². The first-order chi connectivity index (χ1) is 15.2. The molecule has 0 radical (unpaired) electrons. The largest absolute Gasteiger partial charge is 0.416 e. The van der Waals surface area contributed by atoms with Gasteiger partial charge in [0, 0.05) is 17.9 Å². The first-order valence-corrected chi connectivity index (χ1v) is 11.3. The summed E-state index contributed by atoms with van der Waals surface area (Å²) in [5.41, 5.74) is -0.359. The zero-order valence-electron chi connectivity index (χ0n) is 16.3. The number of carbonyl (C=O) groups excluding carboxylic acids is 1. The van der Waals surface area contributed by atoms with E-state index in [2.05, 4.69) is 10.3 Å². The normalized spacial score (nSPS) is 13.1. The topological polar surface area (TPSA) is 64.0 Å². The van der Waals surface area contributed by atoms with Crippen LogP contribution in [0.4, 0.5) is 23.2 Å². The molecule has 166 valence electrons. The Kier molecular flexibility index (Phi) is 6.29. The molecule has 0 spiro atoms. The minimum atomic E-state index is -4.57. The lowest BCUT2D eigenvalue weighted by Crippen LogP contribution is -2.25. The van der Waals surface area contributed by atoms with Gasteiger partial charge in [-0.1, -0.05) is 17.8 Å². The number of aryl methyl sites for hydroxylation is 1. The molecule has 1 amide bonds. The smallest absolute Gasteiger partial charge is 0.325 e. The van der Waals surface area contributed by atoms with Gasteiger partial charge in [0.25, 0.3) is 5.56 Å². The molecule has 0 unspecified atom stereocenters. The Hall–Kier alpha value is -2.79. The van der Waals surface area contributed by atoms with E-state index in [0.717, 1.165) is 28.5 Å². The third-order valence-corrected chi connectivity index (χ3v) is 6.60. The molecule has 11 heteroatoms. The summed E-state index contributed by atoms with van der Waals surface area (Å²) in [5, 5.41) is 2.73. The summed E-state index contributed by atoms with van der Waals surface area (Å²) in [6, 6.07) is 9.64. The first-order valence-electron chi connectivity index (χ1n) is 9.37. The van der Waals surface area contributed by atoms with Crippen LogP contribution in [0.3, 0.4) is 0 Å². The number of halogens is 4. The predicted molar refractivity (Wildman–Crippen MR) is 115 cm³/mol. The average molecular weight is 481 g/mol. The molecule has 1 aliphatic heterocycles. The fourth-order valence-electron chi connectivity index (χ4n) is 3.10. The van der Waals surface area contributed by atoms with Crippen molar-refractivity contribution >= 4 is 35.1 Å². The number of alkyl halides is 3. The summed E-state index contributed by atoms with van der Waals surface area (Å²) >= 11 is 2.25. The molecular weight excluding hydrogens is 466 g/mol. The first kappa shape index (κ1) is 22.4. The fraction of sp³-hybridized carbons (Fsp3) is 0.190. The lowest BCUT2D eigenvalue weighted by Gasteiger charge is -2.15. The number of aromatic nitrogens is 2. The molecule has 0 saturated heterocycles. The van der Waals surface area contributed by atoms with Gasteiger partial charge in [-0.2, -0.15) is 13.2 Å². The molecule has 1 aromatic heterocycles. The van der Waals surface area contributed by atoms with E-state index in [1.807, 2.05) is 0 Å². The van der Waals surface area contributed by atoms with Crippen LogP contribution < -0.4 is 10.9 Å². The SMILES string of the molecule is O=C(CSc1nc2c(c(=O)n1-c1cccc(C(F)(F)F)c1)SCC2)Nc1ccc(F)cc1. The minimum Gasteiger partial charge on any atom is -0.325 e. The highest BCUT2D eigenvalue weighted by molar-refractivity contribution is 8.00. The molecule has 0 aliphatic carbocycles. The van der Waals surface area contributed by atoms with Gasteiger partial charge < -0.3 is 5.32 Å². The quantitative estimate of drug-likeness (QED) is 0.323. The van der Waals surface area contributed by atoms with Crippen LogP contribution in [0.2, 0.25) is 0 Å². The molecule has 0 bridgehead atoms. The van der Waals surface area contributed by atoms with Crippen LogP contribution in [0, 0.1) is 5.82 Å². The summed E-state index contributed by atoms with van der Waals surface area (Å²) in [6.07, 6.45) is -4.01. The zero-order chi connectivity index (χ0) is 22.9. The van der Waals surface area contributed by atoms with Crippen molar-refractivity contribution in [3.63, 3.8) is 0 Å². The van der Waals surface area contributed by atoms with Gasteiger partial charge in [-0.25, -0.2) is 9.37 Å². The molecule has 2 aromatic carbocycles. The number of nitrogens with zero attached hydrogens (tertiary/aromatic N) is 2. The number of carbonyl (C=O) groups is 1. The summed E-state index contributed by atoms with van der Waals surface area (Å²) in [7, 11) is 0. The average Bonchev–Trinajstić information content (AvgIpc) is 3.22. The van der Waals surface area contributed by atoms with Gasteiger partial charge in [0.05, 0.1) is 27.6 Å². The summed E-state index contributed by atoms with van der Waals surface area (Å²) < 4.78 is 53.7. The van der Waals surface area contributed by atoms with E-state index < -0.39 is 29.0 Å². The number of thioether (sulfide) groups is 2. The number of amides is 1. The van der Waals surface area contributed by atoms with Crippen molar-refractivity contribution in [2.75, 3.05) is 16.8 Å². The number of rotatable bonds is 5. The van der Waals surface area contributed by atoms with Crippen molar-refractivity contribution in [3.8, 4) is 5.69 Å². The van der Waals surface area contributed by atoms with Gasteiger partial charge in [-0.15, -0.1) is 11.8 Å². The van der Waals surface area contributed by atoms with Crippen LogP contribution >= 0.6 is 23.5 Å². The van der Waals surface area contributed by atoms with Crippen LogP contribution in [-0.4, -0.2) is 27.0 Å². The Bertz CT molecular complexity index is 1230.